The Kier molecular flexibility index (Phi) is 3.89. The van der Waals surface area contributed by atoms with Gasteiger partial charge in [0.15, 0.2) is 0 Å². The Morgan fingerprint density at radius 3 is 2.72 bits per heavy atom. The van der Waals surface area contributed by atoms with Crippen molar-refractivity contribution in [2.45, 2.75) is 24.9 Å². The molecule has 0 spiro atoms. The monoisotopic (exact) mass is 252 g/mol. The van der Waals surface area contributed by atoms with E-state index >= 15 is 0 Å². The second-order valence-electron chi connectivity index (χ2n) is 6.55. The summed E-state index contributed by atoms with van der Waals surface area (Å²) in [5, 5.41) is 3.87. The minimum absolute atomic E-state index is 0.697. The van der Waals surface area contributed by atoms with Crippen LogP contribution < -0.4 is 5.32 Å². The zero-order valence-corrected chi connectivity index (χ0v) is 11.9. The highest BCUT2D eigenvalue weighted by Gasteiger charge is 2.34. The highest BCUT2D eigenvalue weighted by molar-refractivity contribution is 4.92. The molecule has 18 heavy (non-hydrogen) atoms. The van der Waals surface area contributed by atoms with E-state index in [0.29, 0.717) is 6.04 Å². The van der Waals surface area contributed by atoms with Crippen molar-refractivity contribution in [2.24, 2.45) is 5.92 Å². The Balaban J connectivity index is 1.48. The fourth-order valence-electron chi connectivity index (χ4n) is 3.83. The second-order valence-corrected chi connectivity index (χ2v) is 6.55. The molecule has 1 N–H and O–H groups in total. The predicted octanol–water partition coefficient (Wildman–Crippen LogP) is -0.0840. The summed E-state index contributed by atoms with van der Waals surface area (Å²) in [6.07, 6.45) is 2.77. The first kappa shape index (κ1) is 12.9. The number of hydrogen-bond donors (Lipinski definition) is 1. The molecule has 0 aromatic heterocycles. The molecule has 3 aliphatic rings. The number of nitrogens with one attached hydrogen (secondary N) is 1. The van der Waals surface area contributed by atoms with E-state index in [1.807, 2.05) is 0 Å². The van der Waals surface area contributed by atoms with Crippen LogP contribution in [-0.4, -0.2) is 86.7 Å². The van der Waals surface area contributed by atoms with Gasteiger partial charge in [-0.15, -0.1) is 0 Å². The molecule has 0 aromatic carbocycles. The number of rotatable bonds is 3. The van der Waals surface area contributed by atoms with Crippen molar-refractivity contribution in [1.29, 1.82) is 0 Å². The van der Waals surface area contributed by atoms with Gasteiger partial charge in [0, 0.05) is 44.8 Å². The molecular weight excluding hydrogens is 224 g/mol. The van der Waals surface area contributed by atoms with Crippen molar-refractivity contribution < 1.29 is 0 Å². The molecule has 3 fully saturated rings. The van der Waals surface area contributed by atoms with E-state index in [1.54, 1.807) is 0 Å². The molecule has 3 heterocycles. The molecule has 0 saturated carbocycles. The standard InChI is InChI=1S/C14H28N4/c1-16-7-8-17(2)13(11-16)9-15-14-4-6-18-5-3-12(14)10-18/h12-15H,3-11H2,1-2H3. The van der Waals surface area contributed by atoms with Gasteiger partial charge in [0.2, 0.25) is 0 Å². The number of hydrogen-bond acceptors (Lipinski definition) is 4. The average Bonchev–Trinajstić information content (AvgIpc) is 2.75. The Bertz CT molecular complexity index is 281. The molecule has 3 rings (SSSR count). The van der Waals surface area contributed by atoms with Gasteiger partial charge < -0.3 is 15.1 Å². The topological polar surface area (TPSA) is 21.8 Å². The molecule has 0 amide bonds. The van der Waals surface area contributed by atoms with Gasteiger partial charge in [-0.3, -0.25) is 4.90 Å². The van der Waals surface area contributed by atoms with E-state index < -0.39 is 0 Å². The van der Waals surface area contributed by atoms with E-state index in [2.05, 4.69) is 34.1 Å². The highest BCUT2D eigenvalue weighted by Crippen LogP contribution is 2.27. The first-order valence-electron chi connectivity index (χ1n) is 7.57. The maximum atomic E-state index is 3.87. The van der Waals surface area contributed by atoms with Crippen molar-refractivity contribution in [3.63, 3.8) is 0 Å². The van der Waals surface area contributed by atoms with Gasteiger partial charge in [0.1, 0.15) is 0 Å². The first-order chi connectivity index (χ1) is 8.72. The van der Waals surface area contributed by atoms with Gasteiger partial charge in [-0.2, -0.15) is 0 Å². The lowest BCUT2D eigenvalue weighted by atomic mass is 9.94. The molecule has 4 heteroatoms. The summed E-state index contributed by atoms with van der Waals surface area (Å²) in [6.45, 7) is 8.81. The number of piperazine rings is 1. The largest absolute Gasteiger partial charge is 0.312 e. The summed E-state index contributed by atoms with van der Waals surface area (Å²) < 4.78 is 0. The van der Waals surface area contributed by atoms with Crippen molar-refractivity contribution in [2.75, 3.05) is 59.9 Å². The average molecular weight is 252 g/mol. The molecule has 4 unspecified atom stereocenters. The first-order valence-corrected chi connectivity index (χ1v) is 7.57. The van der Waals surface area contributed by atoms with Crippen molar-refractivity contribution in [1.82, 2.24) is 20.0 Å². The maximum Gasteiger partial charge on any atom is 0.0345 e. The summed E-state index contributed by atoms with van der Waals surface area (Å²) in [6, 6.07) is 1.48. The summed E-state index contributed by atoms with van der Waals surface area (Å²) in [4.78, 5) is 7.62. The Morgan fingerprint density at radius 2 is 1.83 bits per heavy atom. The molecule has 4 nitrogen and oxygen atoms in total. The fourth-order valence-corrected chi connectivity index (χ4v) is 3.83. The zero-order chi connectivity index (χ0) is 12.5. The smallest absolute Gasteiger partial charge is 0.0345 e. The second kappa shape index (κ2) is 5.45. The van der Waals surface area contributed by atoms with Crippen LogP contribution in [0.15, 0.2) is 0 Å². The molecule has 0 radical (unpaired) electrons. The van der Waals surface area contributed by atoms with Gasteiger partial charge in [0.05, 0.1) is 0 Å². The van der Waals surface area contributed by atoms with Crippen molar-refractivity contribution in [3.8, 4) is 0 Å². The zero-order valence-electron chi connectivity index (χ0n) is 11.9. The molecule has 3 aliphatic heterocycles. The van der Waals surface area contributed by atoms with Crippen LogP contribution in [0.3, 0.4) is 0 Å². The van der Waals surface area contributed by atoms with Crippen LogP contribution in [-0.2, 0) is 0 Å². The number of fused-ring (bicyclic) bond motifs is 2. The third kappa shape index (κ3) is 2.72. The van der Waals surface area contributed by atoms with Crippen LogP contribution in [0.4, 0.5) is 0 Å². The fraction of sp³-hybridized carbons (Fsp3) is 1.00. The predicted molar refractivity (Wildman–Crippen MR) is 74.9 cm³/mol. The van der Waals surface area contributed by atoms with Gasteiger partial charge in [0.25, 0.3) is 0 Å². The van der Waals surface area contributed by atoms with Gasteiger partial charge in [-0.25, -0.2) is 0 Å². The van der Waals surface area contributed by atoms with E-state index in [4.69, 9.17) is 0 Å². The van der Waals surface area contributed by atoms with E-state index in [-0.39, 0.29) is 0 Å². The highest BCUT2D eigenvalue weighted by atomic mass is 15.3. The van der Waals surface area contributed by atoms with Crippen LogP contribution in [0.1, 0.15) is 12.8 Å². The summed E-state index contributed by atoms with van der Waals surface area (Å²) >= 11 is 0. The molecule has 2 bridgehead atoms. The Hall–Kier alpha value is -0.160. The number of nitrogens with zero attached hydrogens (tertiary/aromatic N) is 3. The quantitative estimate of drug-likeness (QED) is 0.758. The minimum atomic E-state index is 0.697. The van der Waals surface area contributed by atoms with Crippen molar-refractivity contribution in [3.05, 3.63) is 0 Å². The lowest BCUT2D eigenvalue weighted by Crippen LogP contribution is -2.56. The Labute approximate surface area is 111 Å². The van der Waals surface area contributed by atoms with Crippen molar-refractivity contribution >= 4 is 0 Å². The minimum Gasteiger partial charge on any atom is -0.312 e. The van der Waals surface area contributed by atoms with E-state index in [9.17, 15) is 0 Å². The van der Waals surface area contributed by atoms with Crippen LogP contribution in [0.2, 0.25) is 0 Å². The van der Waals surface area contributed by atoms with Crippen LogP contribution >= 0.6 is 0 Å². The molecule has 4 atom stereocenters. The SMILES string of the molecule is CN1CCN(C)C(CNC2CCN3CCC2C3)C1. The van der Waals surface area contributed by atoms with Gasteiger partial charge in [-0.1, -0.05) is 0 Å². The third-order valence-corrected chi connectivity index (χ3v) is 5.23. The van der Waals surface area contributed by atoms with Crippen LogP contribution in [0, 0.1) is 5.92 Å². The Morgan fingerprint density at radius 1 is 1.00 bits per heavy atom. The van der Waals surface area contributed by atoms with Gasteiger partial charge >= 0.3 is 0 Å². The molecule has 104 valence electrons. The number of likely N-dealkylation sites (N-methyl/N-ethyl adjacent to an activating group) is 2. The van der Waals surface area contributed by atoms with E-state index in [1.165, 1.54) is 58.7 Å². The summed E-state index contributed by atoms with van der Waals surface area (Å²) in [5.74, 6) is 0.922. The number of piperidine rings is 1. The third-order valence-electron chi connectivity index (χ3n) is 5.23. The molecule has 0 aromatic rings. The lowest BCUT2D eigenvalue weighted by molar-refractivity contribution is 0.106. The van der Waals surface area contributed by atoms with Crippen LogP contribution in [0.5, 0.6) is 0 Å². The molecular formula is C14H28N4. The normalized spacial score (nSPS) is 42.3. The molecule has 0 aliphatic carbocycles. The maximum absolute atomic E-state index is 3.87. The summed E-state index contributed by atoms with van der Waals surface area (Å²) in [5.41, 5.74) is 0. The lowest BCUT2D eigenvalue weighted by Gasteiger charge is -2.39. The summed E-state index contributed by atoms with van der Waals surface area (Å²) in [7, 11) is 4.52. The molecule has 3 saturated heterocycles. The van der Waals surface area contributed by atoms with Gasteiger partial charge in [-0.05, 0) is 45.9 Å². The van der Waals surface area contributed by atoms with Crippen LogP contribution in [0.25, 0.3) is 0 Å². The van der Waals surface area contributed by atoms with E-state index in [0.717, 1.165) is 12.0 Å².